The van der Waals surface area contributed by atoms with Gasteiger partial charge < -0.3 is 10.0 Å². The molecule has 0 aromatic carbocycles. The number of hydrogen-bond donors (Lipinski definition) is 1. The summed E-state index contributed by atoms with van der Waals surface area (Å²) in [6.07, 6.45) is 1.50. The average molecular weight is 195 g/mol. The van der Waals surface area contributed by atoms with Crippen LogP contribution in [0.5, 0.6) is 0 Å². The minimum absolute atomic E-state index is 0.0179. The van der Waals surface area contributed by atoms with E-state index in [0.29, 0.717) is 11.8 Å². The van der Waals surface area contributed by atoms with E-state index in [2.05, 4.69) is 13.8 Å². The smallest absolute Gasteiger partial charge is 0.252 e. The van der Waals surface area contributed by atoms with Gasteiger partial charge in [-0.3, -0.25) is 4.79 Å². The van der Waals surface area contributed by atoms with Crippen molar-refractivity contribution in [1.82, 2.24) is 4.90 Å². The lowest BCUT2D eigenvalue weighted by atomic mass is 9.80. The van der Waals surface area contributed by atoms with Crippen LogP contribution in [0, 0.1) is 17.8 Å². The van der Waals surface area contributed by atoms with Gasteiger partial charge in [-0.2, -0.15) is 0 Å². The molecule has 2 saturated heterocycles. The van der Waals surface area contributed by atoms with E-state index in [1.165, 1.54) is 6.42 Å². The van der Waals surface area contributed by atoms with Crippen molar-refractivity contribution in [1.29, 1.82) is 0 Å². The minimum Gasteiger partial charge on any atom is -0.383 e. The maximum absolute atomic E-state index is 11.8. The monoisotopic (exact) mass is 195 g/mol. The molecule has 3 fully saturated rings. The molecule has 0 radical (unpaired) electrons. The number of carbonyl (C=O) groups excluding carboxylic acids is 1. The third-order valence-electron chi connectivity index (χ3n) is 4.93. The Morgan fingerprint density at radius 3 is 2.79 bits per heavy atom. The van der Waals surface area contributed by atoms with Gasteiger partial charge in [0.05, 0.1) is 0 Å². The van der Waals surface area contributed by atoms with Crippen LogP contribution >= 0.6 is 0 Å². The van der Waals surface area contributed by atoms with Crippen LogP contribution in [0.3, 0.4) is 0 Å². The number of amides is 1. The van der Waals surface area contributed by atoms with E-state index >= 15 is 0 Å². The molecule has 1 aliphatic carbocycles. The molecule has 3 heteroatoms. The van der Waals surface area contributed by atoms with Gasteiger partial charge in [-0.25, -0.2) is 0 Å². The van der Waals surface area contributed by atoms with Crippen molar-refractivity contribution < 1.29 is 9.90 Å². The molecule has 0 aromatic rings. The molecule has 3 nitrogen and oxygen atoms in total. The summed E-state index contributed by atoms with van der Waals surface area (Å²) in [7, 11) is 0. The van der Waals surface area contributed by atoms with E-state index in [0.717, 1.165) is 13.0 Å². The second-order valence-corrected chi connectivity index (χ2v) is 5.39. The Balaban J connectivity index is 2.09. The molecule has 3 rings (SSSR count). The van der Waals surface area contributed by atoms with Gasteiger partial charge in [0.15, 0.2) is 0 Å². The summed E-state index contributed by atoms with van der Waals surface area (Å²) in [4.78, 5) is 13.8. The maximum atomic E-state index is 11.8. The predicted octanol–water partition coefficient (Wildman–Crippen LogP) is 0.624. The summed E-state index contributed by atoms with van der Waals surface area (Å²) in [6, 6.07) is 0. The Hall–Kier alpha value is -0.570. The first-order chi connectivity index (χ1) is 6.56. The normalized spacial score (nSPS) is 55.6. The topological polar surface area (TPSA) is 40.5 Å². The molecule has 2 heterocycles. The van der Waals surface area contributed by atoms with Crippen LogP contribution in [-0.4, -0.2) is 34.1 Å². The first-order valence-electron chi connectivity index (χ1n) is 5.56. The van der Waals surface area contributed by atoms with E-state index in [-0.39, 0.29) is 17.4 Å². The summed E-state index contributed by atoms with van der Waals surface area (Å²) in [5, 5.41) is 9.85. The van der Waals surface area contributed by atoms with Crippen LogP contribution in [0.2, 0.25) is 0 Å². The summed E-state index contributed by atoms with van der Waals surface area (Å²) in [5.74, 6) is 1.41. The Bertz CT molecular complexity index is 304. The van der Waals surface area contributed by atoms with Gasteiger partial charge in [0.25, 0.3) is 5.91 Å². The Labute approximate surface area is 84.1 Å². The zero-order valence-corrected chi connectivity index (χ0v) is 8.73. The number of aliphatic hydroxyl groups excluding tert-OH is 1. The lowest BCUT2D eigenvalue weighted by molar-refractivity contribution is -0.136. The molecule has 0 aromatic heterocycles. The van der Waals surface area contributed by atoms with Crippen LogP contribution < -0.4 is 0 Å². The van der Waals surface area contributed by atoms with E-state index in [9.17, 15) is 9.90 Å². The predicted molar refractivity (Wildman–Crippen MR) is 51.5 cm³/mol. The van der Waals surface area contributed by atoms with Gasteiger partial charge in [-0.05, 0) is 31.6 Å². The molecule has 1 saturated carbocycles. The van der Waals surface area contributed by atoms with Crippen molar-refractivity contribution in [3.8, 4) is 0 Å². The third kappa shape index (κ3) is 0.691. The number of carbonyl (C=O) groups is 1. The van der Waals surface area contributed by atoms with Gasteiger partial charge in [-0.15, -0.1) is 0 Å². The van der Waals surface area contributed by atoms with Crippen LogP contribution in [0.15, 0.2) is 0 Å². The highest BCUT2D eigenvalue weighted by molar-refractivity contribution is 5.85. The van der Waals surface area contributed by atoms with Crippen LogP contribution in [0.25, 0.3) is 0 Å². The Morgan fingerprint density at radius 2 is 2.07 bits per heavy atom. The summed E-state index contributed by atoms with van der Waals surface area (Å²) in [5.41, 5.74) is -0.0179. The molecule has 78 valence electrons. The second-order valence-electron chi connectivity index (χ2n) is 5.39. The van der Waals surface area contributed by atoms with Crippen molar-refractivity contribution in [3.05, 3.63) is 0 Å². The van der Waals surface area contributed by atoms with Crippen LogP contribution in [0.1, 0.15) is 26.7 Å². The van der Waals surface area contributed by atoms with E-state index in [1.54, 1.807) is 0 Å². The molecule has 0 bridgehead atoms. The largest absolute Gasteiger partial charge is 0.383 e. The van der Waals surface area contributed by atoms with Crippen molar-refractivity contribution in [2.45, 2.75) is 38.3 Å². The zero-order valence-electron chi connectivity index (χ0n) is 8.73. The highest BCUT2D eigenvalue weighted by atomic mass is 16.3. The Morgan fingerprint density at radius 1 is 1.43 bits per heavy atom. The molecule has 0 unspecified atom stereocenters. The molecule has 1 amide bonds. The highest BCUT2D eigenvalue weighted by Crippen LogP contribution is 2.57. The van der Waals surface area contributed by atoms with Crippen molar-refractivity contribution >= 4 is 5.91 Å². The molecular weight excluding hydrogens is 178 g/mol. The quantitative estimate of drug-likeness (QED) is 0.615. The lowest BCUT2D eigenvalue weighted by Gasteiger charge is -2.31. The molecule has 3 aliphatic rings. The minimum atomic E-state index is -0.711. The molecule has 0 spiro atoms. The van der Waals surface area contributed by atoms with Crippen LogP contribution in [0.4, 0.5) is 0 Å². The second kappa shape index (κ2) is 2.32. The van der Waals surface area contributed by atoms with Gasteiger partial charge in [-0.1, -0.05) is 6.92 Å². The van der Waals surface area contributed by atoms with E-state index in [1.807, 2.05) is 4.90 Å². The van der Waals surface area contributed by atoms with Crippen molar-refractivity contribution in [2.24, 2.45) is 17.8 Å². The first kappa shape index (κ1) is 8.72. The molecule has 5 atom stereocenters. The number of aliphatic hydroxyl groups is 1. The van der Waals surface area contributed by atoms with Gasteiger partial charge in [0, 0.05) is 18.0 Å². The van der Waals surface area contributed by atoms with Crippen molar-refractivity contribution in [2.75, 3.05) is 6.54 Å². The number of rotatable bonds is 0. The third-order valence-corrected chi connectivity index (χ3v) is 4.93. The van der Waals surface area contributed by atoms with E-state index in [4.69, 9.17) is 0 Å². The van der Waals surface area contributed by atoms with Crippen LogP contribution in [-0.2, 0) is 4.79 Å². The zero-order chi connectivity index (χ0) is 10.1. The average Bonchev–Trinajstić information content (AvgIpc) is 2.65. The highest BCUT2D eigenvalue weighted by Gasteiger charge is 2.66. The van der Waals surface area contributed by atoms with Gasteiger partial charge in [0.1, 0.15) is 6.10 Å². The molecular formula is C11H17NO2. The summed E-state index contributed by atoms with van der Waals surface area (Å²) < 4.78 is 0. The fourth-order valence-corrected chi connectivity index (χ4v) is 4.23. The number of hydrogen-bond acceptors (Lipinski definition) is 2. The van der Waals surface area contributed by atoms with E-state index < -0.39 is 6.10 Å². The number of nitrogens with zero attached hydrogens (tertiary/aromatic N) is 1. The fraction of sp³-hybridized carbons (Fsp3) is 0.909. The molecule has 14 heavy (non-hydrogen) atoms. The Kier molecular flexibility index (Phi) is 1.45. The molecule has 1 N–H and O–H groups in total. The van der Waals surface area contributed by atoms with Gasteiger partial charge >= 0.3 is 0 Å². The first-order valence-corrected chi connectivity index (χ1v) is 5.56. The SMILES string of the molecule is C[C@@H]1CN2C(=O)[C@H](O)[C@@H]3CC[C@H]1[C@@]32C. The van der Waals surface area contributed by atoms with Gasteiger partial charge in [0.2, 0.25) is 0 Å². The molecule has 2 aliphatic heterocycles. The lowest BCUT2D eigenvalue weighted by Crippen LogP contribution is -2.42. The standard InChI is InChI=1S/C11H17NO2/c1-6-5-12-10(14)9(13)8-4-3-7(6)11(8,12)2/h6-9,13H,3-5H2,1-2H3/t6-,7-,8+,9-,11+/m1/s1. The van der Waals surface area contributed by atoms with Crippen molar-refractivity contribution in [3.63, 3.8) is 0 Å². The fourth-order valence-electron chi connectivity index (χ4n) is 4.23. The maximum Gasteiger partial charge on any atom is 0.252 e. The summed E-state index contributed by atoms with van der Waals surface area (Å²) >= 11 is 0. The summed E-state index contributed by atoms with van der Waals surface area (Å²) in [6.45, 7) is 5.26.